The Kier molecular flexibility index (Phi) is 3.73. The number of alkyl halides is 2. The summed E-state index contributed by atoms with van der Waals surface area (Å²) in [6.07, 6.45) is 1.11. The molecule has 1 aromatic heterocycles. The Hall–Kier alpha value is -1.43. The molecule has 0 spiro atoms. The molecule has 0 atom stereocenters. The third kappa shape index (κ3) is 3.10. The fraction of sp³-hybridized carbons (Fsp3) is 0.571. The van der Waals surface area contributed by atoms with Crippen molar-refractivity contribution in [2.75, 3.05) is 31.1 Å². The Balaban J connectivity index is 1.52. The Labute approximate surface area is 126 Å². The van der Waals surface area contributed by atoms with Gasteiger partial charge in [0.15, 0.2) is 0 Å². The fourth-order valence-electron chi connectivity index (χ4n) is 2.69. The number of amides is 1. The van der Waals surface area contributed by atoms with Crippen molar-refractivity contribution in [3.05, 3.63) is 23.4 Å². The first kappa shape index (κ1) is 14.5. The molecule has 0 aliphatic carbocycles. The van der Waals surface area contributed by atoms with Crippen molar-refractivity contribution in [1.82, 2.24) is 9.88 Å². The summed E-state index contributed by atoms with van der Waals surface area (Å²) in [5.74, 6) is -1.96. The molecule has 2 aliphatic heterocycles. The van der Waals surface area contributed by atoms with Crippen LogP contribution in [0, 0.1) is 5.92 Å². The highest BCUT2D eigenvalue weighted by Gasteiger charge is 2.40. The quantitative estimate of drug-likeness (QED) is 0.841. The van der Waals surface area contributed by atoms with E-state index in [2.05, 4.69) is 4.98 Å². The Morgan fingerprint density at radius 2 is 1.95 bits per heavy atom. The molecule has 114 valence electrons. The lowest BCUT2D eigenvalue weighted by molar-refractivity contribution is -0.142. The molecule has 3 heterocycles. The number of hydrogen-bond donors (Lipinski definition) is 0. The fourth-order valence-corrected chi connectivity index (χ4v) is 2.80. The molecule has 2 saturated heterocycles. The summed E-state index contributed by atoms with van der Waals surface area (Å²) in [4.78, 5) is 20.0. The van der Waals surface area contributed by atoms with Crippen LogP contribution in [0.1, 0.15) is 12.8 Å². The number of rotatable bonds is 2. The van der Waals surface area contributed by atoms with Crippen LogP contribution in [-0.4, -0.2) is 47.9 Å². The van der Waals surface area contributed by atoms with Gasteiger partial charge in [-0.25, -0.2) is 13.8 Å². The molecule has 4 nitrogen and oxygen atoms in total. The highest BCUT2D eigenvalue weighted by molar-refractivity contribution is 6.30. The van der Waals surface area contributed by atoms with Gasteiger partial charge in [0.1, 0.15) is 5.82 Å². The molecule has 1 amide bonds. The van der Waals surface area contributed by atoms with E-state index in [4.69, 9.17) is 11.6 Å². The molecule has 1 aromatic rings. The van der Waals surface area contributed by atoms with Gasteiger partial charge in [-0.15, -0.1) is 0 Å². The number of pyridine rings is 1. The average Bonchev–Trinajstić information content (AvgIpc) is 2.39. The summed E-state index contributed by atoms with van der Waals surface area (Å²) >= 11 is 5.78. The molecule has 0 bridgehead atoms. The predicted octanol–water partition coefficient (Wildman–Crippen LogP) is 2.43. The Morgan fingerprint density at radius 3 is 2.52 bits per heavy atom. The minimum absolute atomic E-state index is 0.0179. The molecule has 3 rings (SSSR count). The molecule has 2 aliphatic rings. The zero-order valence-electron chi connectivity index (χ0n) is 11.4. The number of nitrogens with zero attached hydrogens (tertiary/aromatic N) is 3. The molecule has 0 aromatic carbocycles. The van der Waals surface area contributed by atoms with Crippen LogP contribution >= 0.6 is 11.6 Å². The number of carbonyl (C=O) groups is 1. The number of anilines is 1. The number of aromatic nitrogens is 1. The molecular weight excluding hydrogens is 300 g/mol. The molecule has 0 unspecified atom stereocenters. The van der Waals surface area contributed by atoms with E-state index in [0.29, 0.717) is 18.1 Å². The van der Waals surface area contributed by atoms with Crippen molar-refractivity contribution in [2.24, 2.45) is 5.92 Å². The van der Waals surface area contributed by atoms with Crippen molar-refractivity contribution in [3.8, 4) is 0 Å². The maximum absolute atomic E-state index is 13.1. The first-order chi connectivity index (χ1) is 9.94. The standard InChI is InChI=1S/C14H16ClF2N3O/c15-11-1-2-12(18-7-11)20-8-10(9-20)13(21)19-5-3-14(16,17)4-6-19/h1-2,7,10H,3-6,8-9H2. The largest absolute Gasteiger partial charge is 0.355 e. The summed E-state index contributed by atoms with van der Waals surface area (Å²) < 4.78 is 26.2. The van der Waals surface area contributed by atoms with Crippen LogP contribution in [0.3, 0.4) is 0 Å². The number of halogens is 3. The van der Waals surface area contributed by atoms with Crippen molar-refractivity contribution in [1.29, 1.82) is 0 Å². The highest BCUT2D eigenvalue weighted by Crippen LogP contribution is 2.30. The van der Waals surface area contributed by atoms with Crippen LogP contribution < -0.4 is 4.90 Å². The van der Waals surface area contributed by atoms with Crippen LogP contribution in [0.25, 0.3) is 0 Å². The lowest BCUT2D eigenvalue weighted by Gasteiger charge is -2.42. The number of hydrogen-bond acceptors (Lipinski definition) is 3. The maximum atomic E-state index is 13.1. The second-order valence-electron chi connectivity index (χ2n) is 5.62. The zero-order valence-corrected chi connectivity index (χ0v) is 12.2. The third-order valence-corrected chi connectivity index (χ3v) is 4.30. The lowest BCUT2D eigenvalue weighted by atomic mass is 9.96. The van der Waals surface area contributed by atoms with E-state index in [9.17, 15) is 13.6 Å². The average molecular weight is 316 g/mol. The number of likely N-dealkylation sites (tertiary alicyclic amines) is 1. The summed E-state index contributed by atoms with van der Waals surface area (Å²) in [6.45, 7) is 1.48. The minimum Gasteiger partial charge on any atom is -0.355 e. The van der Waals surface area contributed by atoms with E-state index in [0.717, 1.165) is 5.82 Å². The molecule has 0 radical (unpaired) electrons. The van der Waals surface area contributed by atoms with Crippen LogP contribution in [0.2, 0.25) is 5.02 Å². The third-order valence-electron chi connectivity index (χ3n) is 4.07. The molecule has 2 fully saturated rings. The van der Waals surface area contributed by atoms with Crippen LogP contribution in [0.5, 0.6) is 0 Å². The van der Waals surface area contributed by atoms with Gasteiger partial charge in [0, 0.05) is 45.2 Å². The molecular formula is C14H16ClF2N3O. The van der Waals surface area contributed by atoms with Crippen molar-refractivity contribution in [3.63, 3.8) is 0 Å². The predicted molar refractivity (Wildman–Crippen MR) is 75.7 cm³/mol. The van der Waals surface area contributed by atoms with Gasteiger partial charge < -0.3 is 9.80 Å². The van der Waals surface area contributed by atoms with Gasteiger partial charge in [-0.05, 0) is 12.1 Å². The normalized spacial score (nSPS) is 22.0. The van der Waals surface area contributed by atoms with E-state index in [1.165, 1.54) is 0 Å². The number of carbonyl (C=O) groups excluding carboxylic acids is 1. The number of piperidine rings is 1. The van der Waals surface area contributed by atoms with Crippen molar-refractivity contribution in [2.45, 2.75) is 18.8 Å². The van der Waals surface area contributed by atoms with E-state index in [1.54, 1.807) is 17.2 Å². The van der Waals surface area contributed by atoms with E-state index in [1.807, 2.05) is 11.0 Å². The van der Waals surface area contributed by atoms with Gasteiger partial charge in [0.2, 0.25) is 5.91 Å². The lowest BCUT2D eigenvalue weighted by Crippen LogP contribution is -2.56. The maximum Gasteiger partial charge on any atom is 0.251 e. The van der Waals surface area contributed by atoms with E-state index < -0.39 is 5.92 Å². The van der Waals surface area contributed by atoms with Crippen LogP contribution in [0.4, 0.5) is 14.6 Å². The van der Waals surface area contributed by atoms with Crippen molar-refractivity contribution >= 4 is 23.3 Å². The minimum atomic E-state index is -2.62. The van der Waals surface area contributed by atoms with Gasteiger partial charge >= 0.3 is 0 Å². The second-order valence-corrected chi connectivity index (χ2v) is 6.05. The summed E-state index contributed by atoms with van der Waals surface area (Å²) in [5.41, 5.74) is 0. The topological polar surface area (TPSA) is 36.4 Å². The molecule has 21 heavy (non-hydrogen) atoms. The SMILES string of the molecule is O=C(C1CN(c2ccc(Cl)cn2)C1)N1CCC(F)(F)CC1. The van der Waals surface area contributed by atoms with Gasteiger partial charge in [0.05, 0.1) is 10.9 Å². The van der Waals surface area contributed by atoms with E-state index >= 15 is 0 Å². The summed E-state index contributed by atoms with van der Waals surface area (Å²) in [6, 6.07) is 3.57. The smallest absolute Gasteiger partial charge is 0.251 e. The summed E-state index contributed by atoms with van der Waals surface area (Å²) in [5, 5.41) is 0.571. The Bertz CT molecular complexity index is 522. The first-order valence-electron chi connectivity index (χ1n) is 6.98. The van der Waals surface area contributed by atoms with Gasteiger partial charge in [-0.1, -0.05) is 11.6 Å². The zero-order chi connectivity index (χ0) is 15.0. The Morgan fingerprint density at radius 1 is 1.29 bits per heavy atom. The van der Waals surface area contributed by atoms with Gasteiger partial charge in [-0.2, -0.15) is 0 Å². The molecule has 7 heteroatoms. The highest BCUT2D eigenvalue weighted by atomic mass is 35.5. The summed E-state index contributed by atoms with van der Waals surface area (Å²) in [7, 11) is 0. The molecule has 0 saturated carbocycles. The molecule has 0 N–H and O–H groups in total. The van der Waals surface area contributed by atoms with Gasteiger partial charge in [-0.3, -0.25) is 4.79 Å². The van der Waals surface area contributed by atoms with Crippen molar-refractivity contribution < 1.29 is 13.6 Å². The van der Waals surface area contributed by atoms with Gasteiger partial charge in [0.25, 0.3) is 5.92 Å². The second kappa shape index (κ2) is 5.40. The monoisotopic (exact) mass is 315 g/mol. The van der Waals surface area contributed by atoms with Crippen LogP contribution in [-0.2, 0) is 4.79 Å². The van der Waals surface area contributed by atoms with Crippen LogP contribution in [0.15, 0.2) is 18.3 Å². The van der Waals surface area contributed by atoms with E-state index in [-0.39, 0.29) is 37.8 Å². The first-order valence-corrected chi connectivity index (χ1v) is 7.35.